The largest absolute Gasteiger partial charge is 0.329 e. The van der Waals surface area contributed by atoms with Gasteiger partial charge in [0.05, 0.1) is 29.4 Å². The quantitative estimate of drug-likeness (QED) is 0.559. The number of halogens is 1. The summed E-state index contributed by atoms with van der Waals surface area (Å²) < 4.78 is 1.67. The number of carbonyl (C=O) groups excluding carboxylic acids is 1. The maximum Gasteiger partial charge on any atom is 0.328 e. The van der Waals surface area contributed by atoms with Crippen LogP contribution in [0.25, 0.3) is 0 Å². The molecule has 1 heterocycles. The first kappa shape index (κ1) is 8.06. The topological polar surface area (TPSA) is 49.6 Å². The lowest BCUT2D eigenvalue weighted by Gasteiger charge is -2.12. The number of hydrogen-bond donors (Lipinski definition) is 1. The zero-order valence-corrected chi connectivity index (χ0v) is 7.74. The van der Waals surface area contributed by atoms with Gasteiger partial charge >= 0.3 is 6.03 Å². The number of nitrogens with zero attached hydrogens (tertiary/aromatic N) is 2. The Labute approximate surface area is 73.8 Å². The molecule has 0 bridgehead atoms. The first-order valence-electron chi connectivity index (χ1n) is 3.18. The molecule has 0 radical (unpaired) electrons. The third-order valence-electron chi connectivity index (χ3n) is 1.44. The summed E-state index contributed by atoms with van der Waals surface area (Å²) >= 11 is 2.01. The molecule has 0 aromatic rings. The fourth-order valence-electron chi connectivity index (χ4n) is 0.917. The van der Waals surface area contributed by atoms with Gasteiger partial charge in [0, 0.05) is 19.6 Å². The molecule has 1 fully saturated rings. The number of carbonyl (C=O) groups is 1. The molecule has 4 nitrogen and oxygen atoms in total. The van der Waals surface area contributed by atoms with Crippen molar-refractivity contribution in [1.82, 2.24) is 8.01 Å². The molecule has 0 unspecified atom stereocenters. The van der Waals surface area contributed by atoms with E-state index in [1.54, 1.807) is 8.01 Å². The van der Waals surface area contributed by atoms with E-state index in [1.165, 1.54) is 0 Å². The molecular formula is C5H10IN3O. The number of amides is 2. The molecule has 0 spiro atoms. The van der Waals surface area contributed by atoms with Crippen LogP contribution in [0, 0.1) is 0 Å². The molecule has 0 atom stereocenters. The van der Waals surface area contributed by atoms with Gasteiger partial charge in [-0.25, -0.2) is 4.79 Å². The van der Waals surface area contributed by atoms with E-state index in [9.17, 15) is 4.79 Å². The molecule has 1 aliphatic rings. The molecular weight excluding hydrogens is 245 g/mol. The number of hydrogen-bond acceptors (Lipinski definition) is 2. The Hall–Kier alpha value is -0.0400. The van der Waals surface area contributed by atoms with Crippen molar-refractivity contribution in [3.8, 4) is 0 Å². The third-order valence-corrected chi connectivity index (χ3v) is 2.34. The van der Waals surface area contributed by atoms with Gasteiger partial charge in [-0.2, -0.15) is 0 Å². The first-order valence-corrected chi connectivity index (χ1v) is 4.14. The SMILES string of the molecule is NCCN1CCN(I)C1=O. The van der Waals surface area contributed by atoms with Gasteiger partial charge in [0.2, 0.25) is 0 Å². The third kappa shape index (κ3) is 1.51. The summed E-state index contributed by atoms with van der Waals surface area (Å²) in [6, 6.07) is 0.0889. The molecule has 0 saturated carbocycles. The van der Waals surface area contributed by atoms with Gasteiger partial charge in [-0.15, -0.1) is 0 Å². The van der Waals surface area contributed by atoms with Crippen LogP contribution in [0.5, 0.6) is 0 Å². The van der Waals surface area contributed by atoms with Crippen molar-refractivity contribution in [2.75, 3.05) is 26.2 Å². The lowest BCUT2D eigenvalue weighted by atomic mass is 10.5. The minimum atomic E-state index is 0.0889. The molecule has 58 valence electrons. The van der Waals surface area contributed by atoms with Crippen LogP contribution in [0.1, 0.15) is 0 Å². The van der Waals surface area contributed by atoms with Gasteiger partial charge in [0.25, 0.3) is 0 Å². The van der Waals surface area contributed by atoms with Crippen LogP contribution in [-0.4, -0.2) is 40.2 Å². The van der Waals surface area contributed by atoms with Crippen LogP contribution in [0.3, 0.4) is 0 Å². The highest BCUT2D eigenvalue weighted by atomic mass is 127. The van der Waals surface area contributed by atoms with Gasteiger partial charge in [0.1, 0.15) is 0 Å². The van der Waals surface area contributed by atoms with Crippen molar-refractivity contribution in [1.29, 1.82) is 0 Å². The Morgan fingerprint density at radius 2 is 2.30 bits per heavy atom. The Bertz CT molecular complexity index is 139. The molecule has 5 heteroatoms. The van der Waals surface area contributed by atoms with Crippen LogP contribution in [0.15, 0.2) is 0 Å². The lowest BCUT2D eigenvalue weighted by molar-refractivity contribution is 0.211. The highest BCUT2D eigenvalue weighted by Gasteiger charge is 2.25. The number of urea groups is 1. The van der Waals surface area contributed by atoms with E-state index >= 15 is 0 Å². The fourth-order valence-corrected chi connectivity index (χ4v) is 1.44. The molecule has 1 aliphatic heterocycles. The summed E-state index contributed by atoms with van der Waals surface area (Å²) in [5.74, 6) is 0. The van der Waals surface area contributed by atoms with E-state index in [0.717, 1.165) is 13.1 Å². The summed E-state index contributed by atoms with van der Waals surface area (Å²) in [4.78, 5) is 12.8. The summed E-state index contributed by atoms with van der Waals surface area (Å²) in [7, 11) is 0. The zero-order chi connectivity index (χ0) is 7.56. The molecule has 1 saturated heterocycles. The Morgan fingerprint density at radius 1 is 1.60 bits per heavy atom. The van der Waals surface area contributed by atoms with E-state index in [0.29, 0.717) is 13.1 Å². The van der Waals surface area contributed by atoms with Crippen LogP contribution < -0.4 is 5.73 Å². The minimum Gasteiger partial charge on any atom is -0.329 e. The normalized spacial score (nSPS) is 18.8. The Kier molecular flexibility index (Phi) is 2.72. The average molecular weight is 255 g/mol. The summed E-state index contributed by atoms with van der Waals surface area (Å²) in [5.41, 5.74) is 5.30. The van der Waals surface area contributed by atoms with Gasteiger partial charge in [0.15, 0.2) is 0 Å². The summed E-state index contributed by atoms with van der Waals surface area (Å²) in [5, 5.41) is 0. The van der Waals surface area contributed by atoms with Crippen molar-refractivity contribution >= 4 is 28.9 Å². The zero-order valence-electron chi connectivity index (χ0n) is 5.59. The Balaban J connectivity index is 2.41. The van der Waals surface area contributed by atoms with Crippen molar-refractivity contribution in [3.63, 3.8) is 0 Å². The highest BCUT2D eigenvalue weighted by Crippen LogP contribution is 2.11. The fraction of sp³-hybridized carbons (Fsp3) is 0.800. The highest BCUT2D eigenvalue weighted by molar-refractivity contribution is 14.1. The summed E-state index contributed by atoms with van der Waals surface area (Å²) in [6.45, 7) is 2.87. The van der Waals surface area contributed by atoms with Crippen LogP contribution >= 0.6 is 22.9 Å². The van der Waals surface area contributed by atoms with E-state index in [4.69, 9.17) is 5.73 Å². The second-order valence-electron chi connectivity index (χ2n) is 2.14. The molecule has 0 aliphatic carbocycles. The predicted molar refractivity (Wildman–Crippen MR) is 46.7 cm³/mol. The molecule has 0 aromatic carbocycles. The smallest absolute Gasteiger partial charge is 0.328 e. The Morgan fingerprint density at radius 3 is 2.70 bits per heavy atom. The maximum atomic E-state index is 11.1. The maximum absolute atomic E-state index is 11.1. The molecule has 2 amide bonds. The number of nitrogens with two attached hydrogens (primary N) is 1. The van der Waals surface area contributed by atoms with Crippen molar-refractivity contribution in [2.24, 2.45) is 5.73 Å². The second-order valence-corrected chi connectivity index (χ2v) is 3.31. The van der Waals surface area contributed by atoms with Gasteiger partial charge < -0.3 is 10.6 Å². The predicted octanol–water partition coefficient (Wildman–Crippen LogP) is 0.0327. The second kappa shape index (κ2) is 3.38. The number of rotatable bonds is 2. The summed E-state index contributed by atoms with van der Waals surface area (Å²) in [6.07, 6.45) is 0. The van der Waals surface area contributed by atoms with E-state index < -0.39 is 0 Å². The molecule has 0 aromatic heterocycles. The van der Waals surface area contributed by atoms with E-state index in [1.807, 2.05) is 22.9 Å². The molecule has 10 heavy (non-hydrogen) atoms. The first-order chi connectivity index (χ1) is 4.75. The van der Waals surface area contributed by atoms with Gasteiger partial charge in [-0.05, 0) is 0 Å². The monoisotopic (exact) mass is 255 g/mol. The van der Waals surface area contributed by atoms with Crippen LogP contribution in [0.4, 0.5) is 4.79 Å². The molecule has 1 rings (SSSR count). The van der Waals surface area contributed by atoms with Gasteiger partial charge in [-0.3, -0.25) is 3.11 Å². The van der Waals surface area contributed by atoms with Crippen molar-refractivity contribution in [2.45, 2.75) is 0 Å². The van der Waals surface area contributed by atoms with Crippen molar-refractivity contribution < 1.29 is 4.79 Å². The van der Waals surface area contributed by atoms with Gasteiger partial charge in [-0.1, -0.05) is 0 Å². The average Bonchev–Trinajstić information content (AvgIpc) is 2.20. The molecule has 2 N–H and O–H groups in total. The van der Waals surface area contributed by atoms with Crippen molar-refractivity contribution in [3.05, 3.63) is 0 Å². The van der Waals surface area contributed by atoms with E-state index in [2.05, 4.69) is 0 Å². The standard InChI is InChI=1S/C5H10IN3O/c6-9-4-3-8(2-1-7)5(9)10/h1-4,7H2. The van der Waals surface area contributed by atoms with Crippen LogP contribution in [-0.2, 0) is 0 Å². The van der Waals surface area contributed by atoms with Crippen LogP contribution in [0.2, 0.25) is 0 Å². The minimum absolute atomic E-state index is 0.0889. The van der Waals surface area contributed by atoms with E-state index in [-0.39, 0.29) is 6.03 Å². The lowest BCUT2D eigenvalue weighted by Crippen LogP contribution is -2.31.